The molecule has 1 saturated carbocycles. The molecule has 2 aliphatic carbocycles. The van der Waals surface area contributed by atoms with Crippen LogP contribution in [0, 0.1) is 5.92 Å². The van der Waals surface area contributed by atoms with Crippen molar-refractivity contribution in [3.8, 4) is 0 Å². The van der Waals surface area contributed by atoms with Crippen molar-refractivity contribution >= 4 is 0 Å². The van der Waals surface area contributed by atoms with Gasteiger partial charge in [0.25, 0.3) is 0 Å². The fraction of sp³-hybridized carbons (Fsp3) is 0.667. The average molecular weight is 258 g/mol. The lowest BCUT2D eigenvalue weighted by Crippen LogP contribution is -2.36. The first kappa shape index (κ1) is 13.2. The van der Waals surface area contributed by atoms with Gasteiger partial charge in [0.1, 0.15) is 0 Å². The van der Waals surface area contributed by atoms with Crippen molar-refractivity contribution in [2.45, 2.75) is 69.8 Å². The Bertz CT molecular complexity index is 439. The van der Waals surface area contributed by atoms with E-state index in [0.717, 1.165) is 19.3 Å². The topological polar surface area (TPSA) is 20.2 Å². The van der Waals surface area contributed by atoms with Gasteiger partial charge < -0.3 is 5.11 Å². The van der Waals surface area contributed by atoms with Crippen molar-refractivity contribution in [3.63, 3.8) is 0 Å². The summed E-state index contributed by atoms with van der Waals surface area (Å²) in [4.78, 5) is 0. The summed E-state index contributed by atoms with van der Waals surface area (Å²) in [7, 11) is 0. The van der Waals surface area contributed by atoms with Crippen molar-refractivity contribution in [1.82, 2.24) is 0 Å². The minimum atomic E-state index is -0.396. The third-order valence-electron chi connectivity index (χ3n) is 5.19. The SMILES string of the molecule is CC1CCCC(O)(CC2CCCc3ccccc32)C1. The van der Waals surface area contributed by atoms with E-state index in [9.17, 15) is 5.11 Å². The van der Waals surface area contributed by atoms with Crippen LogP contribution in [0.5, 0.6) is 0 Å². The monoisotopic (exact) mass is 258 g/mol. The molecule has 1 fully saturated rings. The Morgan fingerprint density at radius 2 is 2.05 bits per heavy atom. The number of aryl methyl sites for hydroxylation is 1. The van der Waals surface area contributed by atoms with Crippen molar-refractivity contribution in [3.05, 3.63) is 35.4 Å². The third-order valence-corrected chi connectivity index (χ3v) is 5.19. The van der Waals surface area contributed by atoms with E-state index in [2.05, 4.69) is 31.2 Å². The molecule has 0 saturated heterocycles. The molecular weight excluding hydrogens is 232 g/mol. The Morgan fingerprint density at radius 1 is 1.21 bits per heavy atom. The van der Waals surface area contributed by atoms with E-state index in [1.165, 1.54) is 43.2 Å². The molecule has 1 aromatic rings. The predicted molar refractivity (Wildman–Crippen MR) is 79.3 cm³/mol. The zero-order chi connectivity index (χ0) is 13.3. The van der Waals surface area contributed by atoms with E-state index < -0.39 is 5.60 Å². The molecule has 0 radical (unpaired) electrons. The molecule has 0 aliphatic heterocycles. The molecule has 1 N–H and O–H groups in total. The first-order valence-corrected chi connectivity index (χ1v) is 7.96. The number of hydrogen-bond acceptors (Lipinski definition) is 1. The highest BCUT2D eigenvalue weighted by atomic mass is 16.3. The molecule has 19 heavy (non-hydrogen) atoms. The predicted octanol–water partition coefficient (Wildman–Crippen LogP) is 4.44. The minimum Gasteiger partial charge on any atom is -0.390 e. The highest BCUT2D eigenvalue weighted by Crippen LogP contribution is 2.42. The first-order valence-electron chi connectivity index (χ1n) is 7.96. The van der Waals surface area contributed by atoms with E-state index in [-0.39, 0.29) is 0 Å². The lowest BCUT2D eigenvalue weighted by atomic mass is 9.70. The lowest BCUT2D eigenvalue weighted by Gasteiger charge is -2.39. The lowest BCUT2D eigenvalue weighted by molar-refractivity contribution is -0.0267. The van der Waals surface area contributed by atoms with Crippen LogP contribution in [0.3, 0.4) is 0 Å². The average Bonchev–Trinajstić information content (AvgIpc) is 2.38. The largest absolute Gasteiger partial charge is 0.390 e. The summed E-state index contributed by atoms with van der Waals surface area (Å²) >= 11 is 0. The zero-order valence-corrected chi connectivity index (χ0v) is 12.1. The normalized spacial score (nSPS) is 34.8. The molecule has 1 aromatic carbocycles. The fourth-order valence-corrected chi connectivity index (χ4v) is 4.34. The van der Waals surface area contributed by atoms with Gasteiger partial charge in [0.05, 0.1) is 5.60 Å². The van der Waals surface area contributed by atoms with Crippen molar-refractivity contribution in [2.24, 2.45) is 5.92 Å². The standard InChI is InChI=1S/C18H26O/c1-14-6-5-11-18(19,12-14)13-16-9-4-8-15-7-2-3-10-17(15)16/h2-3,7,10,14,16,19H,4-6,8-9,11-13H2,1H3. The Kier molecular flexibility index (Phi) is 3.66. The number of hydrogen-bond donors (Lipinski definition) is 1. The molecule has 3 atom stereocenters. The van der Waals surface area contributed by atoms with E-state index >= 15 is 0 Å². The molecule has 104 valence electrons. The van der Waals surface area contributed by atoms with Gasteiger partial charge in [-0.25, -0.2) is 0 Å². The van der Waals surface area contributed by atoms with Gasteiger partial charge in [-0.1, -0.05) is 44.0 Å². The smallest absolute Gasteiger partial charge is 0.0656 e. The summed E-state index contributed by atoms with van der Waals surface area (Å²) < 4.78 is 0. The highest BCUT2D eigenvalue weighted by molar-refractivity contribution is 5.32. The Labute approximate surface area is 117 Å². The molecule has 3 rings (SSSR count). The van der Waals surface area contributed by atoms with Gasteiger partial charge in [0.15, 0.2) is 0 Å². The summed E-state index contributed by atoms with van der Waals surface area (Å²) in [5, 5.41) is 10.9. The fourth-order valence-electron chi connectivity index (χ4n) is 4.34. The first-order chi connectivity index (χ1) is 9.16. The summed E-state index contributed by atoms with van der Waals surface area (Å²) in [6.45, 7) is 2.29. The van der Waals surface area contributed by atoms with Crippen LogP contribution in [-0.4, -0.2) is 10.7 Å². The minimum absolute atomic E-state index is 0.396. The summed E-state index contributed by atoms with van der Waals surface area (Å²) in [5.41, 5.74) is 2.64. The van der Waals surface area contributed by atoms with Crippen LogP contribution in [0.15, 0.2) is 24.3 Å². The third kappa shape index (κ3) is 2.86. The van der Waals surface area contributed by atoms with E-state index in [0.29, 0.717) is 11.8 Å². The second kappa shape index (κ2) is 5.28. The van der Waals surface area contributed by atoms with Crippen LogP contribution in [0.4, 0.5) is 0 Å². The summed E-state index contributed by atoms with van der Waals surface area (Å²) in [6, 6.07) is 8.87. The Balaban J connectivity index is 1.77. The molecule has 0 heterocycles. The number of aliphatic hydroxyl groups is 1. The number of fused-ring (bicyclic) bond motifs is 1. The van der Waals surface area contributed by atoms with Gasteiger partial charge in [-0.2, -0.15) is 0 Å². The van der Waals surface area contributed by atoms with Crippen molar-refractivity contribution in [2.75, 3.05) is 0 Å². The van der Waals surface area contributed by atoms with E-state index in [4.69, 9.17) is 0 Å². The van der Waals surface area contributed by atoms with Crippen LogP contribution < -0.4 is 0 Å². The Morgan fingerprint density at radius 3 is 2.89 bits per heavy atom. The molecule has 1 nitrogen and oxygen atoms in total. The maximum Gasteiger partial charge on any atom is 0.0656 e. The van der Waals surface area contributed by atoms with Gasteiger partial charge in [-0.05, 0) is 61.5 Å². The molecule has 0 bridgehead atoms. The maximum absolute atomic E-state index is 10.9. The van der Waals surface area contributed by atoms with Gasteiger partial charge in [0.2, 0.25) is 0 Å². The molecule has 0 spiro atoms. The van der Waals surface area contributed by atoms with E-state index in [1.54, 1.807) is 0 Å². The van der Waals surface area contributed by atoms with Crippen molar-refractivity contribution < 1.29 is 5.11 Å². The highest BCUT2D eigenvalue weighted by Gasteiger charge is 2.36. The number of rotatable bonds is 2. The maximum atomic E-state index is 10.9. The molecule has 2 aliphatic rings. The molecule has 3 unspecified atom stereocenters. The van der Waals surface area contributed by atoms with Gasteiger partial charge in [0, 0.05) is 0 Å². The Hall–Kier alpha value is -0.820. The van der Waals surface area contributed by atoms with Gasteiger partial charge >= 0.3 is 0 Å². The molecule has 0 amide bonds. The quantitative estimate of drug-likeness (QED) is 0.831. The summed E-state index contributed by atoms with van der Waals surface area (Å²) in [5.74, 6) is 1.28. The number of benzene rings is 1. The van der Waals surface area contributed by atoms with Crippen LogP contribution >= 0.6 is 0 Å². The molecule has 0 aromatic heterocycles. The van der Waals surface area contributed by atoms with Crippen molar-refractivity contribution in [1.29, 1.82) is 0 Å². The molecular formula is C18H26O. The van der Waals surface area contributed by atoms with Crippen LogP contribution in [-0.2, 0) is 6.42 Å². The van der Waals surface area contributed by atoms with E-state index in [1.807, 2.05) is 0 Å². The zero-order valence-electron chi connectivity index (χ0n) is 12.1. The van der Waals surface area contributed by atoms with Gasteiger partial charge in [-0.15, -0.1) is 0 Å². The second-order valence-electron chi connectivity index (χ2n) is 6.92. The second-order valence-corrected chi connectivity index (χ2v) is 6.92. The van der Waals surface area contributed by atoms with Gasteiger partial charge in [-0.3, -0.25) is 0 Å². The van der Waals surface area contributed by atoms with Crippen LogP contribution in [0.2, 0.25) is 0 Å². The van der Waals surface area contributed by atoms with Crippen LogP contribution in [0.25, 0.3) is 0 Å². The molecule has 1 heteroatoms. The summed E-state index contributed by atoms with van der Waals surface area (Å²) in [6.07, 6.45) is 9.26. The van der Waals surface area contributed by atoms with Crippen LogP contribution in [0.1, 0.15) is 68.9 Å².